The van der Waals surface area contributed by atoms with Crippen molar-refractivity contribution >= 4 is 27.9 Å². The molecule has 3 aromatic rings. The molecule has 5 nitrogen and oxygen atoms in total. The number of anilines is 1. The third-order valence-corrected chi connectivity index (χ3v) is 5.49. The van der Waals surface area contributed by atoms with Crippen LogP contribution in [0.3, 0.4) is 0 Å². The number of aromatic nitrogens is 2. The van der Waals surface area contributed by atoms with E-state index in [1.807, 2.05) is 19.1 Å². The summed E-state index contributed by atoms with van der Waals surface area (Å²) in [6.07, 6.45) is 5.62. The first kappa shape index (κ1) is 15.1. The Balaban J connectivity index is 1.73. The molecule has 0 unspecified atom stereocenters. The molecule has 6 heteroatoms. The van der Waals surface area contributed by atoms with Crippen molar-refractivity contribution in [1.82, 2.24) is 9.38 Å². The molecule has 122 valence electrons. The normalized spacial score (nSPS) is 13.7. The average Bonchev–Trinajstić information content (AvgIpc) is 2.96. The minimum absolute atomic E-state index is 0.194. The van der Waals surface area contributed by atoms with Gasteiger partial charge in [0.1, 0.15) is 5.69 Å². The fourth-order valence-electron chi connectivity index (χ4n) is 3.13. The van der Waals surface area contributed by atoms with Crippen molar-refractivity contribution in [2.45, 2.75) is 32.6 Å². The van der Waals surface area contributed by atoms with Crippen molar-refractivity contribution in [3.8, 4) is 0 Å². The van der Waals surface area contributed by atoms with Crippen LogP contribution < -0.4 is 10.9 Å². The van der Waals surface area contributed by atoms with Gasteiger partial charge in [0, 0.05) is 16.1 Å². The summed E-state index contributed by atoms with van der Waals surface area (Å²) >= 11 is 1.58. The third kappa shape index (κ3) is 2.53. The van der Waals surface area contributed by atoms with Crippen LogP contribution in [0.25, 0.3) is 4.96 Å². The summed E-state index contributed by atoms with van der Waals surface area (Å²) in [6, 6.07) is 7.29. The minimum atomic E-state index is -0.290. The number of carbonyl (C=O) groups is 1. The number of fused-ring (bicyclic) bond motifs is 3. The molecule has 24 heavy (non-hydrogen) atoms. The number of rotatable bonds is 2. The van der Waals surface area contributed by atoms with Gasteiger partial charge in [-0.2, -0.15) is 0 Å². The average molecular weight is 339 g/mol. The van der Waals surface area contributed by atoms with Crippen molar-refractivity contribution in [3.63, 3.8) is 0 Å². The highest BCUT2D eigenvalue weighted by Crippen LogP contribution is 2.28. The molecule has 0 bridgehead atoms. The van der Waals surface area contributed by atoms with E-state index in [4.69, 9.17) is 0 Å². The first-order chi connectivity index (χ1) is 11.6. The number of nitrogens with zero attached hydrogens (tertiary/aromatic N) is 2. The smallest absolute Gasteiger partial charge is 0.282 e. The van der Waals surface area contributed by atoms with Crippen molar-refractivity contribution in [1.29, 1.82) is 0 Å². The lowest BCUT2D eigenvalue weighted by atomic mass is 10.0. The van der Waals surface area contributed by atoms with Gasteiger partial charge in [-0.3, -0.25) is 14.0 Å². The Morgan fingerprint density at radius 2 is 2.12 bits per heavy atom. The van der Waals surface area contributed by atoms with E-state index < -0.39 is 0 Å². The van der Waals surface area contributed by atoms with Crippen LogP contribution in [0.2, 0.25) is 0 Å². The maximum absolute atomic E-state index is 12.8. The van der Waals surface area contributed by atoms with E-state index in [0.717, 1.165) is 36.9 Å². The van der Waals surface area contributed by atoms with Gasteiger partial charge in [-0.05, 0) is 44.7 Å². The molecular weight excluding hydrogens is 322 g/mol. The highest BCUT2D eigenvalue weighted by Gasteiger charge is 2.20. The molecular formula is C18H17N3O2S. The number of carbonyl (C=O) groups excluding carboxylic acids is 1. The van der Waals surface area contributed by atoms with Gasteiger partial charge in [0.05, 0.1) is 6.20 Å². The zero-order valence-electron chi connectivity index (χ0n) is 13.3. The minimum Gasteiger partial charge on any atom is -0.316 e. The molecule has 1 aliphatic rings. The van der Waals surface area contributed by atoms with Crippen LogP contribution in [-0.2, 0) is 12.8 Å². The topological polar surface area (TPSA) is 63.5 Å². The molecule has 0 saturated heterocycles. The van der Waals surface area contributed by atoms with Gasteiger partial charge >= 0.3 is 0 Å². The number of amides is 1. The van der Waals surface area contributed by atoms with E-state index in [0.29, 0.717) is 10.5 Å². The fraction of sp³-hybridized carbons (Fsp3) is 0.278. The zero-order chi connectivity index (χ0) is 16.7. The fourth-order valence-corrected chi connectivity index (χ4v) is 4.30. The highest BCUT2D eigenvalue weighted by molar-refractivity contribution is 7.17. The monoisotopic (exact) mass is 339 g/mol. The van der Waals surface area contributed by atoms with Gasteiger partial charge < -0.3 is 5.32 Å². The molecule has 1 aliphatic carbocycles. The van der Waals surface area contributed by atoms with E-state index in [1.165, 1.54) is 11.1 Å². The van der Waals surface area contributed by atoms with Crippen molar-refractivity contribution in [2.24, 2.45) is 0 Å². The van der Waals surface area contributed by atoms with E-state index in [1.54, 1.807) is 27.9 Å². The molecule has 0 fully saturated rings. The maximum atomic E-state index is 12.8. The molecule has 2 aromatic heterocycles. The number of hydrogen-bond donors (Lipinski definition) is 1. The van der Waals surface area contributed by atoms with Crippen molar-refractivity contribution in [2.75, 3.05) is 5.32 Å². The van der Waals surface area contributed by atoms with Gasteiger partial charge in [-0.15, -0.1) is 11.3 Å². The van der Waals surface area contributed by atoms with Gasteiger partial charge in [-0.1, -0.05) is 17.7 Å². The molecule has 0 radical (unpaired) electrons. The quantitative estimate of drug-likeness (QED) is 0.780. The standard InChI is InChI=1S/C18H17N3O2S/c1-11-5-4-6-12(9-11)16(22)20-13-10-19-18-21(17(13)23)14-7-2-3-8-15(14)24-18/h4-6,9-10H,2-3,7-8H2,1H3,(H,20,22). The van der Waals surface area contributed by atoms with Crippen LogP contribution >= 0.6 is 11.3 Å². The molecule has 0 atom stereocenters. The Labute approximate surface area is 143 Å². The van der Waals surface area contributed by atoms with Gasteiger partial charge in [0.25, 0.3) is 11.5 Å². The largest absolute Gasteiger partial charge is 0.316 e. The van der Waals surface area contributed by atoms with Gasteiger partial charge in [-0.25, -0.2) is 4.98 Å². The molecule has 4 rings (SSSR count). The van der Waals surface area contributed by atoms with Crippen molar-refractivity contribution in [3.05, 3.63) is 62.5 Å². The molecule has 0 saturated carbocycles. The van der Waals surface area contributed by atoms with Crippen LogP contribution in [0.4, 0.5) is 5.69 Å². The van der Waals surface area contributed by atoms with Crippen LogP contribution in [0, 0.1) is 6.92 Å². The van der Waals surface area contributed by atoms with Gasteiger partial charge in [0.2, 0.25) is 0 Å². The Morgan fingerprint density at radius 3 is 2.96 bits per heavy atom. The second kappa shape index (κ2) is 5.87. The molecule has 0 aliphatic heterocycles. The Hall–Kier alpha value is -2.47. The van der Waals surface area contributed by atoms with Gasteiger partial charge in [0.15, 0.2) is 4.96 Å². The third-order valence-electron chi connectivity index (χ3n) is 4.33. The molecule has 1 N–H and O–H groups in total. The first-order valence-corrected chi connectivity index (χ1v) is 8.85. The summed E-state index contributed by atoms with van der Waals surface area (Å²) in [5.74, 6) is -0.290. The van der Waals surface area contributed by atoms with E-state index in [9.17, 15) is 9.59 Å². The highest BCUT2D eigenvalue weighted by atomic mass is 32.1. The van der Waals surface area contributed by atoms with E-state index in [2.05, 4.69) is 10.3 Å². The number of nitrogens with one attached hydrogen (secondary N) is 1. The first-order valence-electron chi connectivity index (χ1n) is 8.04. The van der Waals surface area contributed by atoms with E-state index >= 15 is 0 Å². The summed E-state index contributed by atoms with van der Waals surface area (Å²) in [5, 5.41) is 2.71. The maximum Gasteiger partial charge on any atom is 0.282 e. The molecule has 1 amide bonds. The van der Waals surface area contributed by atoms with Crippen LogP contribution in [0.15, 0.2) is 35.3 Å². The molecule has 0 spiro atoms. The van der Waals surface area contributed by atoms with E-state index in [-0.39, 0.29) is 17.2 Å². The predicted octanol–water partition coefficient (Wildman–Crippen LogP) is 3.20. The summed E-state index contributed by atoms with van der Waals surface area (Å²) in [4.78, 5) is 31.5. The Kier molecular flexibility index (Phi) is 3.69. The Bertz CT molecular complexity index is 1000. The lowest BCUT2D eigenvalue weighted by molar-refractivity contribution is 0.102. The van der Waals surface area contributed by atoms with Crippen LogP contribution in [-0.4, -0.2) is 15.3 Å². The number of benzene rings is 1. The predicted molar refractivity (Wildman–Crippen MR) is 95.1 cm³/mol. The summed E-state index contributed by atoms with van der Waals surface area (Å²) < 4.78 is 1.67. The van der Waals surface area contributed by atoms with Crippen molar-refractivity contribution < 1.29 is 4.79 Å². The SMILES string of the molecule is Cc1cccc(C(=O)Nc2cnc3sc4c(n3c2=O)CCCC4)c1. The number of hydrogen-bond acceptors (Lipinski definition) is 4. The summed E-state index contributed by atoms with van der Waals surface area (Å²) in [7, 11) is 0. The lowest BCUT2D eigenvalue weighted by Crippen LogP contribution is -2.24. The number of thiazole rings is 1. The number of aryl methyl sites for hydroxylation is 3. The summed E-state index contributed by atoms with van der Waals surface area (Å²) in [5.41, 5.74) is 2.63. The molecule has 2 heterocycles. The molecule has 1 aromatic carbocycles. The Morgan fingerprint density at radius 1 is 1.29 bits per heavy atom. The summed E-state index contributed by atoms with van der Waals surface area (Å²) in [6.45, 7) is 1.93. The van der Waals surface area contributed by atoms with Crippen LogP contribution in [0.1, 0.15) is 39.3 Å². The zero-order valence-corrected chi connectivity index (χ0v) is 14.2. The lowest BCUT2D eigenvalue weighted by Gasteiger charge is -2.11. The second-order valence-electron chi connectivity index (χ2n) is 6.10. The second-order valence-corrected chi connectivity index (χ2v) is 7.16. The van der Waals surface area contributed by atoms with Crippen LogP contribution in [0.5, 0.6) is 0 Å².